The van der Waals surface area contributed by atoms with Crippen molar-refractivity contribution in [3.05, 3.63) is 48.2 Å². The van der Waals surface area contributed by atoms with E-state index in [2.05, 4.69) is 15.4 Å². The number of anilines is 2. The van der Waals surface area contributed by atoms with Crippen molar-refractivity contribution >= 4 is 17.4 Å². The van der Waals surface area contributed by atoms with Gasteiger partial charge in [0.05, 0.1) is 18.1 Å². The van der Waals surface area contributed by atoms with Crippen LogP contribution in [-0.4, -0.2) is 22.4 Å². The number of hydrazine groups is 1. The normalized spacial score (nSPS) is 10.2. The molecule has 104 valence electrons. The van der Waals surface area contributed by atoms with Gasteiger partial charge in [-0.05, 0) is 19.1 Å². The summed E-state index contributed by atoms with van der Waals surface area (Å²) in [4.78, 5) is 21.5. The molecule has 20 heavy (non-hydrogen) atoms. The van der Waals surface area contributed by atoms with Crippen molar-refractivity contribution in [3.63, 3.8) is 0 Å². The molecule has 3 N–H and O–H groups in total. The second-order valence-electron chi connectivity index (χ2n) is 3.93. The summed E-state index contributed by atoms with van der Waals surface area (Å²) in [5, 5.41) is 0. The molecule has 0 saturated heterocycles. The molecular weight excluding hydrogens is 261 g/mol. The maximum atomic E-state index is 13.8. The quantitative estimate of drug-likeness (QED) is 0.653. The zero-order valence-electron chi connectivity index (χ0n) is 10.9. The average Bonchev–Trinajstić information content (AvgIpc) is 2.50. The summed E-state index contributed by atoms with van der Waals surface area (Å²) in [6.45, 7) is 2.08. The average molecular weight is 275 g/mol. The van der Waals surface area contributed by atoms with Gasteiger partial charge in [0.2, 0.25) is 0 Å². The number of carbonyl (C=O) groups excluding carboxylic acids is 1. The largest absolute Gasteiger partial charge is 0.307 e. The Morgan fingerprint density at radius 1 is 1.35 bits per heavy atom. The first kappa shape index (κ1) is 13.9. The van der Waals surface area contributed by atoms with Crippen LogP contribution in [0.2, 0.25) is 0 Å². The Bertz CT molecular complexity index is 602. The number of nitrogens with two attached hydrogens (primary N) is 1. The van der Waals surface area contributed by atoms with Crippen LogP contribution < -0.4 is 16.2 Å². The summed E-state index contributed by atoms with van der Waals surface area (Å²) >= 11 is 0. The second-order valence-corrected chi connectivity index (χ2v) is 3.93. The number of carbonyl (C=O) groups is 1. The second kappa shape index (κ2) is 6.07. The van der Waals surface area contributed by atoms with Gasteiger partial charge in [-0.2, -0.15) is 0 Å². The predicted molar refractivity (Wildman–Crippen MR) is 73.6 cm³/mol. The molecule has 1 aromatic heterocycles. The van der Waals surface area contributed by atoms with Gasteiger partial charge in [-0.15, -0.1) is 0 Å². The molecule has 2 aromatic rings. The Labute approximate surface area is 115 Å². The van der Waals surface area contributed by atoms with Gasteiger partial charge in [-0.1, -0.05) is 12.1 Å². The van der Waals surface area contributed by atoms with E-state index in [1.165, 1.54) is 23.4 Å². The first-order valence-electron chi connectivity index (χ1n) is 6.02. The van der Waals surface area contributed by atoms with E-state index in [9.17, 15) is 9.18 Å². The van der Waals surface area contributed by atoms with Gasteiger partial charge >= 0.3 is 0 Å². The maximum Gasteiger partial charge on any atom is 0.278 e. The van der Waals surface area contributed by atoms with Crippen molar-refractivity contribution in [3.8, 4) is 0 Å². The van der Waals surface area contributed by atoms with E-state index >= 15 is 0 Å². The number of nitrogens with one attached hydrogen (secondary N) is 1. The highest BCUT2D eigenvalue weighted by molar-refractivity contribution is 6.04. The van der Waals surface area contributed by atoms with Crippen LogP contribution in [-0.2, 0) is 0 Å². The molecule has 0 radical (unpaired) electrons. The van der Waals surface area contributed by atoms with Gasteiger partial charge in [-0.25, -0.2) is 20.2 Å². The van der Waals surface area contributed by atoms with Crippen LogP contribution >= 0.6 is 0 Å². The number of para-hydroxylation sites is 1. The van der Waals surface area contributed by atoms with Crippen molar-refractivity contribution in [2.45, 2.75) is 6.92 Å². The van der Waals surface area contributed by atoms with Crippen molar-refractivity contribution in [2.24, 2.45) is 5.84 Å². The lowest BCUT2D eigenvalue weighted by molar-refractivity contribution is 0.0982. The van der Waals surface area contributed by atoms with E-state index < -0.39 is 11.7 Å². The van der Waals surface area contributed by atoms with Crippen LogP contribution in [0.15, 0.2) is 36.7 Å². The van der Waals surface area contributed by atoms with Gasteiger partial charge in [0.1, 0.15) is 11.5 Å². The lowest BCUT2D eigenvalue weighted by Gasteiger charge is -2.20. The zero-order chi connectivity index (χ0) is 14.5. The summed E-state index contributed by atoms with van der Waals surface area (Å²) in [7, 11) is 0. The third kappa shape index (κ3) is 2.72. The Morgan fingerprint density at radius 2 is 2.10 bits per heavy atom. The fraction of sp³-hybridized carbons (Fsp3) is 0.154. The van der Waals surface area contributed by atoms with Crippen molar-refractivity contribution in [2.75, 3.05) is 16.9 Å². The molecule has 0 bridgehead atoms. The molecule has 0 aliphatic rings. The number of halogens is 1. The monoisotopic (exact) mass is 275 g/mol. The Kier molecular flexibility index (Phi) is 4.21. The fourth-order valence-electron chi connectivity index (χ4n) is 1.75. The molecule has 1 amide bonds. The molecule has 2 rings (SSSR count). The first-order chi connectivity index (χ1) is 9.67. The molecule has 0 atom stereocenters. The predicted octanol–water partition coefficient (Wildman–Crippen LogP) is 1.57. The van der Waals surface area contributed by atoms with Crippen molar-refractivity contribution < 1.29 is 9.18 Å². The minimum Gasteiger partial charge on any atom is -0.307 e. The molecule has 0 saturated carbocycles. The minimum atomic E-state index is -0.462. The van der Waals surface area contributed by atoms with E-state index in [0.29, 0.717) is 12.4 Å². The zero-order valence-corrected chi connectivity index (χ0v) is 10.9. The van der Waals surface area contributed by atoms with Crippen LogP contribution in [0, 0.1) is 5.82 Å². The number of hydrogen-bond acceptors (Lipinski definition) is 5. The van der Waals surface area contributed by atoms with Crippen LogP contribution in [0.1, 0.15) is 17.4 Å². The molecule has 0 spiro atoms. The third-order valence-electron chi connectivity index (χ3n) is 2.72. The van der Waals surface area contributed by atoms with Gasteiger partial charge in [0.15, 0.2) is 5.82 Å². The van der Waals surface area contributed by atoms with E-state index in [-0.39, 0.29) is 11.4 Å². The van der Waals surface area contributed by atoms with Crippen molar-refractivity contribution in [1.82, 2.24) is 9.97 Å². The Hall–Kier alpha value is -2.54. The van der Waals surface area contributed by atoms with E-state index in [4.69, 9.17) is 5.84 Å². The Balaban J connectivity index is 2.31. The molecule has 0 aliphatic heterocycles. The van der Waals surface area contributed by atoms with Crippen LogP contribution in [0.5, 0.6) is 0 Å². The number of benzene rings is 1. The summed E-state index contributed by atoms with van der Waals surface area (Å²) in [6.07, 6.45) is 2.63. The highest BCUT2D eigenvalue weighted by Gasteiger charge is 2.20. The molecule has 0 aliphatic carbocycles. The van der Waals surface area contributed by atoms with E-state index in [0.717, 1.165) is 0 Å². The maximum absolute atomic E-state index is 13.8. The number of hydrogen-bond donors (Lipinski definition) is 2. The van der Waals surface area contributed by atoms with Gasteiger partial charge < -0.3 is 10.3 Å². The van der Waals surface area contributed by atoms with Gasteiger partial charge in [0.25, 0.3) is 5.91 Å². The van der Waals surface area contributed by atoms with Crippen molar-refractivity contribution in [1.29, 1.82) is 0 Å². The topological polar surface area (TPSA) is 84.1 Å². The lowest BCUT2D eigenvalue weighted by atomic mass is 10.2. The van der Waals surface area contributed by atoms with Crippen LogP contribution in [0.4, 0.5) is 15.9 Å². The molecule has 0 fully saturated rings. The molecule has 7 heteroatoms. The molecule has 1 aromatic carbocycles. The number of nitrogen functional groups attached to an aromatic ring is 1. The van der Waals surface area contributed by atoms with E-state index in [1.54, 1.807) is 25.1 Å². The van der Waals surface area contributed by atoms with Gasteiger partial charge in [-0.3, -0.25) is 4.79 Å². The highest BCUT2D eigenvalue weighted by Crippen LogP contribution is 2.20. The number of amides is 1. The fourth-order valence-corrected chi connectivity index (χ4v) is 1.75. The standard InChI is InChI=1S/C13H14FN5O/c1-2-19(11-6-4-3-5-9(11)14)13(20)10-7-17-12(18-15)8-16-10/h3-8H,2,15H2,1H3,(H,17,18). The van der Waals surface area contributed by atoms with Crippen LogP contribution in [0.25, 0.3) is 0 Å². The molecule has 1 heterocycles. The Morgan fingerprint density at radius 3 is 2.65 bits per heavy atom. The minimum absolute atomic E-state index is 0.120. The summed E-state index contributed by atoms with van der Waals surface area (Å²) in [5.41, 5.74) is 2.65. The lowest BCUT2D eigenvalue weighted by Crippen LogP contribution is -2.32. The highest BCUT2D eigenvalue weighted by atomic mass is 19.1. The first-order valence-corrected chi connectivity index (χ1v) is 6.02. The summed E-state index contributed by atoms with van der Waals surface area (Å²) in [6, 6.07) is 6.08. The SMILES string of the molecule is CCN(C(=O)c1cnc(NN)cn1)c1ccccc1F. The molecular formula is C13H14FN5O. The molecule has 0 unspecified atom stereocenters. The van der Waals surface area contributed by atoms with Crippen LogP contribution in [0.3, 0.4) is 0 Å². The number of rotatable bonds is 4. The third-order valence-corrected chi connectivity index (χ3v) is 2.72. The smallest absolute Gasteiger partial charge is 0.278 e. The number of nitrogens with zero attached hydrogens (tertiary/aromatic N) is 3. The summed E-state index contributed by atoms with van der Waals surface area (Å²) < 4.78 is 13.8. The molecule has 6 nitrogen and oxygen atoms in total. The van der Waals surface area contributed by atoms with E-state index in [1.807, 2.05) is 0 Å². The summed E-state index contributed by atoms with van der Waals surface area (Å²) in [5.74, 6) is 4.63. The van der Waals surface area contributed by atoms with Gasteiger partial charge in [0, 0.05) is 6.54 Å². The number of aromatic nitrogens is 2.